The molecule has 0 fully saturated rings. The van der Waals surface area contributed by atoms with Gasteiger partial charge < -0.3 is 10.6 Å². The number of aryl methyl sites for hydroxylation is 1. The van der Waals surface area contributed by atoms with Gasteiger partial charge in [-0.25, -0.2) is 4.98 Å². The molecule has 1 heterocycles. The van der Waals surface area contributed by atoms with E-state index >= 15 is 0 Å². The number of benzene rings is 2. The molecule has 0 bridgehead atoms. The van der Waals surface area contributed by atoms with Crippen LogP contribution in [0.3, 0.4) is 0 Å². The second-order valence-corrected chi connectivity index (χ2v) is 7.19. The van der Waals surface area contributed by atoms with E-state index in [1.807, 2.05) is 42.5 Å². The van der Waals surface area contributed by atoms with Crippen molar-refractivity contribution >= 4 is 60.7 Å². The molecular formula is C17H13Br2N5O2. The van der Waals surface area contributed by atoms with Gasteiger partial charge in [0.15, 0.2) is 0 Å². The first-order valence-electron chi connectivity index (χ1n) is 7.50. The molecule has 3 rings (SSSR count). The summed E-state index contributed by atoms with van der Waals surface area (Å²) in [6, 6.07) is 14.8. The predicted molar refractivity (Wildman–Crippen MR) is 108 cm³/mol. The zero-order valence-electron chi connectivity index (χ0n) is 13.5. The van der Waals surface area contributed by atoms with Crippen molar-refractivity contribution in [2.75, 3.05) is 10.6 Å². The molecule has 0 atom stereocenters. The molecule has 0 spiro atoms. The summed E-state index contributed by atoms with van der Waals surface area (Å²) in [4.78, 5) is 19.5. The highest BCUT2D eigenvalue weighted by Crippen LogP contribution is 2.31. The van der Waals surface area contributed by atoms with Gasteiger partial charge in [0.25, 0.3) is 0 Å². The number of nitrogens with one attached hydrogen (secondary N) is 2. The number of hydrogen-bond donors (Lipinski definition) is 2. The largest absolute Gasteiger partial charge is 0.334 e. The zero-order chi connectivity index (χ0) is 18.7. The van der Waals surface area contributed by atoms with Gasteiger partial charge in [0.05, 0.1) is 4.92 Å². The molecule has 0 aliphatic rings. The molecule has 132 valence electrons. The lowest BCUT2D eigenvalue weighted by Gasteiger charge is -2.11. The molecule has 26 heavy (non-hydrogen) atoms. The van der Waals surface area contributed by atoms with Gasteiger partial charge in [0.2, 0.25) is 11.8 Å². The summed E-state index contributed by atoms with van der Waals surface area (Å²) < 4.78 is 1.75. The van der Waals surface area contributed by atoms with Crippen LogP contribution in [-0.2, 0) is 0 Å². The standard InChI is InChI=1S/C17H13Br2N5O2/c1-10-15(24(25)26)16(21-13-6-2-4-11(18)8-13)23-17(20-10)22-14-7-3-5-12(19)9-14/h2-9H,1H3,(H2,20,21,22,23). The maximum absolute atomic E-state index is 11.5. The van der Waals surface area contributed by atoms with Gasteiger partial charge in [-0.15, -0.1) is 0 Å². The first-order valence-corrected chi connectivity index (χ1v) is 9.09. The summed E-state index contributed by atoms with van der Waals surface area (Å²) in [6.07, 6.45) is 0. The number of nitrogens with zero attached hydrogens (tertiary/aromatic N) is 3. The highest BCUT2D eigenvalue weighted by Gasteiger charge is 2.22. The summed E-state index contributed by atoms with van der Waals surface area (Å²) in [6.45, 7) is 1.58. The third-order valence-corrected chi connectivity index (χ3v) is 4.40. The smallest absolute Gasteiger partial charge is 0.332 e. The van der Waals surface area contributed by atoms with E-state index in [-0.39, 0.29) is 23.1 Å². The lowest BCUT2D eigenvalue weighted by atomic mass is 10.3. The first-order chi connectivity index (χ1) is 12.4. The van der Waals surface area contributed by atoms with Crippen molar-refractivity contribution in [1.82, 2.24) is 9.97 Å². The van der Waals surface area contributed by atoms with Crippen molar-refractivity contribution in [2.24, 2.45) is 0 Å². The molecule has 0 aliphatic heterocycles. The molecule has 9 heteroatoms. The van der Waals surface area contributed by atoms with Crippen molar-refractivity contribution < 1.29 is 4.92 Å². The Morgan fingerprint density at radius 2 is 1.54 bits per heavy atom. The van der Waals surface area contributed by atoms with Crippen molar-refractivity contribution in [3.8, 4) is 0 Å². The summed E-state index contributed by atoms with van der Waals surface area (Å²) in [5.41, 5.74) is 1.54. The fourth-order valence-electron chi connectivity index (χ4n) is 2.33. The minimum absolute atomic E-state index is 0.123. The van der Waals surface area contributed by atoms with Crippen molar-refractivity contribution in [3.63, 3.8) is 0 Å². The normalized spacial score (nSPS) is 10.4. The Balaban J connectivity index is 2.00. The number of halogens is 2. The monoisotopic (exact) mass is 477 g/mol. The molecule has 0 saturated carbocycles. The van der Waals surface area contributed by atoms with Gasteiger partial charge in [-0.05, 0) is 43.3 Å². The Morgan fingerprint density at radius 1 is 0.962 bits per heavy atom. The Labute approximate surface area is 166 Å². The Hall–Kier alpha value is -2.52. The van der Waals surface area contributed by atoms with Crippen molar-refractivity contribution in [2.45, 2.75) is 6.92 Å². The van der Waals surface area contributed by atoms with Gasteiger partial charge in [-0.1, -0.05) is 44.0 Å². The average molecular weight is 479 g/mol. The fraction of sp³-hybridized carbons (Fsp3) is 0.0588. The Morgan fingerprint density at radius 3 is 2.08 bits per heavy atom. The molecule has 0 saturated heterocycles. The van der Waals surface area contributed by atoms with Crippen LogP contribution < -0.4 is 10.6 Å². The Kier molecular flexibility index (Phi) is 5.48. The maximum atomic E-state index is 11.5. The van der Waals surface area contributed by atoms with E-state index in [4.69, 9.17) is 0 Å². The van der Waals surface area contributed by atoms with Gasteiger partial charge in [-0.3, -0.25) is 10.1 Å². The number of aromatic nitrogens is 2. The highest BCUT2D eigenvalue weighted by molar-refractivity contribution is 9.10. The summed E-state index contributed by atoms with van der Waals surface area (Å²) in [5, 5.41) is 17.5. The Bertz CT molecular complexity index is 981. The minimum Gasteiger partial charge on any atom is -0.334 e. The number of anilines is 4. The molecule has 2 N–H and O–H groups in total. The van der Waals surface area contributed by atoms with Crippen LogP contribution >= 0.6 is 31.9 Å². The van der Waals surface area contributed by atoms with E-state index in [1.54, 1.807) is 13.0 Å². The van der Waals surface area contributed by atoms with Gasteiger partial charge in [0, 0.05) is 20.3 Å². The van der Waals surface area contributed by atoms with Crippen LogP contribution in [0.25, 0.3) is 0 Å². The van der Waals surface area contributed by atoms with Gasteiger partial charge in [-0.2, -0.15) is 4.98 Å². The lowest BCUT2D eigenvalue weighted by Crippen LogP contribution is -2.07. The van der Waals surface area contributed by atoms with Crippen LogP contribution in [0.1, 0.15) is 5.69 Å². The third-order valence-electron chi connectivity index (χ3n) is 3.41. The van der Waals surface area contributed by atoms with E-state index in [2.05, 4.69) is 52.5 Å². The molecule has 1 aromatic heterocycles. The number of rotatable bonds is 5. The van der Waals surface area contributed by atoms with Crippen molar-refractivity contribution in [3.05, 3.63) is 73.3 Å². The number of hydrogen-bond acceptors (Lipinski definition) is 6. The quantitative estimate of drug-likeness (QED) is 0.360. The van der Waals surface area contributed by atoms with E-state index in [0.717, 1.165) is 14.6 Å². The van der Waals surface area contributed by atoms with Crippen LogP contribution in [0.2, 0.25) is 0 Å². The zero-order valence-corrected chi connectivity index (χ0v) is 16.7. The van der Waals surface area contributed by atoms with Crippen LogP contribution in [0.4, 0.5) is 28.8 Å². The topological polar surface area (TPSA) is 93.0 Å². The lowest BCUT2D eigenvalue weighted by molar-refractivity contribution is -0.385. The van der Waals surface area contributed by atoms with E-state index < -0.39 is 4.92 Å². The third kappa shape index (κ3) is 4.36. The second-order valence-electron chi connectivity index (χ2n) is 5.36. The minimum atomic E-state index is -0.488. The van der Waals surface area contributed by atoms with Gasteiger partial charge >= 0.3 is 5.69 Å². The SMILES string of the molecule is Cc1nc(Nc2cccc(Br)c2)nc(Nc2cccc(Br)c2)c1[N+](=O)[O-]. The van der Waals surface area contributed by atoms with E-state index in [9.17, 15) is 10.1 Å². The molecule has 3 aromatic rings. The van der Waals surface area contributed by atoms with E-state index in [1.165, 1.54) is 0 Å². The van der Waals surface area contributed by atoms with Gasteiger partial charge in [0.1, 0.15) is 5.69 Å². The summed E-state index contributed by atoms with van der Waals surface area (Å²) in [5.74, 6) is 0.391. The summed E-state index contributed by atoms with van der Waals surface area (Å²) in [7, 11) is 0. The second kappa shape index (κ2) is 7.79. The molecule has 0 unspecified atom stereocenters. The molecule has 0 radical (unpaired) electrons. The predicted octanol–water partition coefficient (Wildman–Crippen LogP) is 5.71. The van der Waals surface area contributed by atoms with Crippen LogP contribution in [-0.4, -0.2) is 14.9 Å². The summed E-state index contributed by atoms with van der Waals surface area (Å²) >= 11 is 6.78. The fourth-order valence-corrected chi connectivity index (χ4v) is 3.13. The average Bonchev–Trinajstić information content (AvgIpc) is 2.54. The molecular weight excluding hydrogens is 466 g/mol. The first kappa shape index (κ1) is 18.3. The molecule has 0 amide bonds. The van der Waals surface area contributed by atoms with Crippen molar-refractivity contribution in [1.29, 1.82) is 0 Å². The highest BCUT2D eigenvalue weighted by atomic mass is 79.9. The van der Waals surface area contributed by atoms with E-state index in [0.29, 0.717) is 5.69 Å². The van der Waals surface area contributed by atoms with Crippen LogP contribution in [0, 0.1) is 17.0 Å². The molecule has 2 aromatic carbocycles. The molecule has 0 aliphatic carbocycles. The van der Waals surface area contributed by atoms with Crippen LogP contribution in [0.15, 0.2) is 57.5 Å². The molecule has 7 nitrogen and oxygen atoms in total. The number of nitro groups is 1. The van der Waals surface area contributed by atoms with Crippen LogP contribution in [0.5, 0.6) is 0 Å². The maximum Gasteiger partial charge on any atom is 0.332 e.